The number of hydrogen-bond donors (Lipinski definition) is 0. The lowest BCUT2D eigenvalue weighted by molar-refractivity contribution is 0.273. The van der Waals surface area contributed by atoms with Crippen LogP contribution >= 0.6 is 0 Å². The third-order valence-electron chi connectivity index (χ3n) is 4.27. The maximum absolute atomic E-state index is 13.5. The van der Waals surface area contributed by atoms with Crippen LogP contribution in [0.15, 0.2) is 18.2 Å². The lowest BCUT2D eigenvalue weighted by atomic mass is 9.84. The lowest BCUT2D eigenvalue weighted by Crippen LogP contribution is -2.40. The summed E-state index contributed by atoms with van der Waals surface area (Å²) in [5.41, 5.74) is 2.14. The number of hydrogen-bond acceptors (Lipinski definition) is 1. The Balaban J connectivity index is 3.02. The van der Waals surface area contributed by atoms with E-state index in [2.05, 4.69) is 54.6 Å². The van der Waals surface area contributed by atoms with Crippen LogP contribution in [-0.2, 0) is 16.4 Å². The molecule has 0 amide bonds. The van der Waals surface area contributed by atoms with Gasteiger partial charge in [0.25, 0.3) is 0 Å². The van der Waals surface area contributed by atoms with Gasteiger partial charge in [0.2, 0.25) is 0 Å². The van der Waals surface area contributed by atoms with Gasteiger partial charge in [-0.15, -0.1) is 0 Å². The Morgan fingerprint density at radius 2 is 1.60 bits per heavy atom. The highest BCUT2D eigenvalue weighted by molar-refractivity contribution is 6.74. The highest BCUT2D eigenvalue weighted by Crippen LogP contribution is 2.37. The average Bonchev–Trinajstić information content (AvgIpc) is 2.23. The van der Waals surface area contributed by atoms with Gasteiger partial charge in [-0.3, -0.25) is 0 Å². The highest BCUT2D eigenvalue weighted by atomic mass is 28.4. The van der Waals surface area contributed by atoms with Gasteiger partial charge in [0.15, 0.2) is 8.32 Å². The third-order valence-corrected chi connectivity index (χ3v) is 8.75. The van der Waals surface area contributed by atoms with Crippen LogP contribution in [0.3, 0.4) is 0 Å². The molecule has 0 N–H and O–H groups in total. The normalized spacial score (nSPS) is 13.7. The van der Waals surface area contributed by atoms with Gasteiger partial charge in [-0.25, -0.2) is 4.39 Å². The molecule has 1 nitrogen and oxygen atoms in total. The van der Waals surface area contributed by atoms with Gasteiger partial charge >= 0.3 is 0 Å². The molecule has 114 valence electrons. The lowest BCUT2D eigenvalue weighted by Gasteiger charge is -2.36. The topological polar surface area (TPSA) is 9.23 Å². The summed E-state index contributed by atoms with van der Waals surface area (Å²) in [6.07, 6.45) is 0. The molecule has 1 aromatic carbocycles. The fourth-order valence-corrected chi connectivity index (χ4v) is 2.84. The zero-order valence-corrected chi connectivity index (χ0v) is 15.2. The molecule has 0 saturated heterocycles. The third kappa shape index (κ3) is 4.16. The van der Waals surface area contributed by atoms with Gasteiger partial charge in [-0.05, 0) is 46.8 Å². The molecule has 1 rings (SSSR count). The van der Waals surface area contributed by atoms with Crippen molar-refractivity contribution >= 4 is 8.32 Å². The molecule has 0 heterocycles. The second kappa shape index (κ2) is 5.61. The standard InChI is InChI=1S/C17H29FOSi/c1-16(2,3)15-10-9-14(18)11-13(15)12-19-20(7,8)17(4,5)6/h9-11H,12H2,1-8H3. The Morgan fingerprint density at radius 3 is 2.05 bits per heavy atom. The molecule has 1 aromatic rings. The van der Waals surface area contributed by atoms with E-state index in [4.69, 9.17) is 4.43 Å². The van der Waals surface area contributed by atoms with Crippen LogP contribution in [0.2, 0.25) is 18.1 Å². The molecule has 3 heteroatoms. The number of benzene rings is 1. The van der Waals surface area contributed by atoms with Crippen molar-refractivity contribution < 1.29 is 8.82 Å². The van der Waals surface area contributed by atoms with Gasteiger partial charge in [-0.2, -0.15) is 0 Å². The Bertz CT molecular complexity index is 467. The second-order valence-corrected chi connectivity index (χ2v) is 12.9. The Morgan fingerprint density at radius 1 is 1.05 bits per heavy atom. The van der Waals surface area contributed by atoms with Crippen LogP contribution in [0.5, 0.6) is 0 Å². The van der Waals surface area contributed by atoms with Crippen LogP contribution in [0.25, 0.3) is 0 Å². The van der Waals surface area contributed by atoms with Crippen molar-refractivity contribution in [1.29, 1.82) is 0 Å². The Labute approximate surface area is 124 Å². The summed E-state index contributed by atoms with van der Waals surface area (Å²) < 4.78 is 19.8. The minimum Gasteiger partial charge on any atom is -0.413 e. The van der Waals surface area contributed by atoms with Gasteiger partial charge in [0.1, 0.15) is 5.82 Å². The van der Waals surface area contributed by atoms with Gasteiger partial charge in [0.05, 0.1) is 6.61 Å². The molecule has 20 heavy (non-hydrogen) atoms. The highest BCUT2D eigenvalue weighted by Gasteiger charge is 2.37. The van der Waals surface area contributed by atoms with Crippen molar-refractivity contribution in [3.8, 4) is 0 Å². The van der Waals surface area contributed by atoms with Crippen molar-refractivity contribution in [1.82, 2.24) is 0 Å². The number of rotatable bonds is 3. The van der Waals surface area contributed by atoms with Crippen LogP contribution < -0.4 is 0 Å². The minimum absolute atomic E-state index is 0.000174. The fraction of sp³-hybridized carbons (Fsp3) is 0.647. The molecule has 0 aliphatic carbocycles. The maximum atomic E-state index is 13.5. The molecule has 0 fully saturated rings. The molecule has 0 radical (unpaired) electrons. The molecule has 0 saturated carbocycles. The van der Waals surface area contributed by atoms with Crippen LogP contribution in [0.1, 0.15) is 52.7 Å². The van der Waals surface area contributed by atoms with Crippen LogP contribution in [-0.4, -0.2) is 8.32 Å². The zero-order chi connectivity index (χ0) is 15.8. The molecule has 0 atom stereocenters. The van der Waals surface area contributed by atoms with Crippen LogP contribution in [0.4, 0.5) is 4.39 Å². The smallest absolute Gasteiger partial charge is 0.192 e. The molecule has 0 aliphatic heterocycles. The van der Waals surface area contributed by atoms with Gasteiger partial charge in [-0.1, -0.05) is 47.6 Å². The fourth-order valence-electron chi connectivity index (χ4n) is 1.89. The minimum atomic E-state index is -1.81. The molecule has 0 bridgehead atoms. The van der Waals surface area contributed by atoms with E-state index in [1.54, 1.807) is 6.07 Å². The van der Waals surface area contributed by atoms with Crippen LogP contribution in [0, 0.1) is 5.82 Å². The molecular weight excluding hydrogens is 267 g/mol. The van der Waals surface area contributed by atoms with E-state index in [0.29, 0.717) is 6.61 Å². The summed E-state index contributed by atoms with van der Waals surface area (Å²) in [5.74, 6) is -0.188. The van der Waals surface area contributed by atoms with E-state index in [1.165, 1.54) is 6.07 Å². The van der Waals surface area contributed by atoms with E-state index in [9.17, 15) is 4.39 Å². The summed E-state index contributed by atoms with van der Waals surface area (Å²) in [5, 5.41) is 0.169. The monoisotopic (exact) mass is 296 g/mol. The molecule has 0 aliphatic rings. The SMILES string of the molecule is CC(C)(C)c1ccc(F)cc1CO[Si](C)(C)C(C)(C)C. The van der Waals surface area contributed by atoms with Gasteiger partial charge in [0, 0.05) is 0 Å². The first kappa shape index (κ1) is 17.4. The quantitative estimate of drug-likeness (QED) is 0.655. The first-order valence-corrected chi connectivity index (χ1v) is 10.2. The summed E-state index contributed by atoms with van der Waals surface area (Å²) in [4.78, 5) is 0. The van der Waals surface area contributed by atoms with Crippen molar-refractivity contribution in [2.45, 2.75) is 71.7 Å². The van der Waals surface area contributed by atoms with E-state index in [-0.39, 0.29) is 16.3 Å². The van der Waals surface area contributed by atoms with Crippen molar-refractivity contribution in [3.05, 3.63) is 35.1 Å². The predicted molar refractivity (Wildman–Crippen MR) is 87.1 cm³/mol. The molecule has 0 spiro atoms. The van der Waals surface area contributed by atoms with Crippen molar-refractivity contribution in [2.75, 3.05) is 0 Å². The average molecular weight is 297 g/mol. The largest absolute Gasteiger partial charge is 0.413 e. The van der Waals surface area contributed by atoms with E-state index in [1.807, 2.05) is 6.07 Å². The van der Waals surface area contributed by atoms with E-state index in [0.717, 1.165) is 11.1 Å². The zero-order valence-electron chi connectivity index (χ0n) is 14.2. The molecule has 0 aromatic heterocycles. The van der Waals surface area contributed by atoms with E-state index >= 15 is 0 Å². The van der Waals surface area contributed by atoms with Gasteiger partial charge < -0.3 is 4.43 Å². The molecular formula is C17H29FOSi. The Hall–Kier alpha value is -0.673. The summed E-state index contributed by atoms with van der Waals surface area (Å²) in [7, 11) is -1.81. The summed E-state index contributed by atoms with van der Waals surface area (Å²) in [6, 6.07) is 5.05. The van der Waals surface area contributed by atoms with Crippen molar-refractivity contribution in [3.63, 3.8) is 0 Å². The predicted octanol–water partition coefficient (Wildman–Crippen LogP) is 5.65. The summed E-state index contributed by atoms with van der Waals surface area (Å²) >= 11 is 0. The molecule has 0 unspecified atom stereocenters. The number of halogens is 1. The maximum Gasteiger partial charge on any atom is 0.192 e. The first-order valence-electron chi connectivity index (χ1n) is 7.27. The van der Waals surface area contributed by atoms with Crippen molar-refractivity contribution in [2.24, 2.45) is 0 Å². The Kier molecular flexibility index (Phi) is 4.87. The summed E-state index contributed by atoms with van der Waals surface area (Å²) in [6.45, 7) is 18.1. The second-order valence-electron chi connectivity index (χ2n) is 8.10. The first-order chi connectivity index (χ1) is 8.84. The van der Waals surface area contributed by atoms with E-state index < -0.39 is 8.32 Å².